The molecule has 10 nitrogen and oxygen atoms in total. The van der Waals surface area contributed by atoms with Gasteiger partial charge < -0.3 is 9.64 Å². The van der Waals surface area contributed by atoms with Gasteiger partial charge in [0.25, 0.3) is 5.91 Å². The van der Waals surface area contributed by atoms with E-state index >= 15 is 0 Å². The molecule has 1 aromatic carbocycles. The Kier molecular flexibility index (Phi) is 5.06. The molecule has 1 aromatic heterocycles. The van der Waals surface area contributed by atoms with Gasteiger partial charge in [0.15, 0.2) is 0 Å². The Balaban J connectivity index is 1.37. The summed E-state index contributed by atoms with van der Waals surface area (Å²) in [6.07, 6.45) is 2.51. The molecule has 5 rings (SSSR count). The van der Waals surface area contributed by atoms with Crippen LogP contribution < -0.4 is 5.32 Å². The first kappa shape index (κ1) is 20.8. The standard InChI is InChI=1S/C22H26N6O4/c1-22(2,26-7-9-32-10-8-26)18-13-28(25-24-18)15-3-4-16-14(11-15)12-27(21(16)31)17-5-6-19(29)23-20(17)30/h3-4,11,13,17H,5-10,12H2,1-2H3,(H,23,29,30). The third-order valence-corrected chi connectivity index (χ3v) is 6.69. The van der Waals surface area contributed by atoms with E-state index in [2.05, 4.69) is 34.4 Å². The number of amides is 3. The average molecular weight is 438 g/mol. The van der Waals surface area contributed by atoms with Crippen molar-refractivity contribution in [2.24, 2.45) is 0 Å². The monoisotopic (exact) mass is 438 g/mol. The molecule has 0 radical (unpaired) electrons. The van der Waals surface area contributed by atoms with Crippen LogP contribution >= 0.6 is 0 Å². The SMILES string of the molecule is CC(C)(c1cn(-c2ccc3c(c2)CN(C2CCC(=O)NC2=O)C3=O)nn1)N1CCOCC1. The van der Waals surface area contributed by atoms with E-state index in [9.17, 15) is 14.4 Å². The van der Waals surface area contributed by atoms with Gasteiger partial charge in [-0.3, -0.25) is 24.6 Å². The largest absolute Gasteiger partial charge is 0.379 e. The van der Waals surface area contributed by atoms with Crippen LogP contribution in [0.4, 0.5) is 0 Å². The number of nitrogens with zero attached hydrogens (tertiary/aromatic N) is 5. The van der Waals surface area contributed by atoms with E-state index in [1.165, 1.54) is 0 Å². The number of imide groups is 1. The molecule has 168 valence electrons. The smallest absolute Gasteiger partial charge is 0.255 e. The number of piperidine rings is 1. The van der Waals surface area contributed by atoms with Crippen LogP contribution in [-0.2, 0) is 26.4 Å². The summed E-state index contributed by atoms with van der Waals surface area (Å²) < 4.78 is 7.18. The second-order valence-electron chi connectivity index (χ2n) is 8.95. The maximum absolute atomic E-state index is 12.9. The van der Waals surface area contributed by atoms with Crippen LogP contribution in [0.5, 0.6) is 0 Å². The molecule has 0 saturated carbocycles. The molecule has 1 unspecified atom stereocenters. The lowest BCUT2D eigenvalue weighted by atomic mass is 9.98. The van der Waals surface area contributed by atoms with Gasteiger partial charge in [-0.2, -0.15) is 0 Å². The number of rotatable bonds is 4. The highest BCUT2D eigenvalue weighted by Gasteiger charge is 2.39. The first-order valence-corrected chi connectivity index (χ1v) is 10.9. The number of morpholine rings is 1. The van der Waals surface area contributed by atoms with Gasteiger partial charge in [-0.25, -0.2) is 4.68 Å². The maximum Gasteiger partial charge on any atom is 0.255 e. The molecule has 3 aliphatic heterocycles. The number of hydrogen-bond acceptors (Lipinski definition) is 7. The van der Waals surface area contributed by atoms with Crippen molar-refractivity contribution in [2.75, 3.05) is 26.3 Å². The lowest BCUT2D eigenvalue weighted by Gasteiger charge is -2.39. The molecule has 2 aromatic rings. The maximum atomic E-state index is 12.9. The topological polar surface area (TPSA) is 110 Å². The lowest BCUT2D eigenvalue weighted by Crippen LogP contribution is -2.52. The van der Waals surface area contributed by atoms with Gasteiger partial charge in [0, 0.05) is 31.6 Å². The zero-order valence-electron chi connectivity index (χ0n) is 18.2. The van der Waals surface area contributed by atoms with Crippen LogP contribution in [0, 0.1) is 0 Å². The summed E-state index contributed by atoms with van der Waals surface area (Å²) >= 11 is 0. The molecule has 2 saturated heterocycles. The predicted molar refractivity (Wildman–Crippen MR) is 113 cm³/mol. The summed E-state index contributed by atoms with van der Waals surface area (Å²) in [5.41, 5.74) is 2.80. The first-order chi connectivity index (χ1) is 15.3. The third kappa shape index (κ3) is 3.49. The Morgan fingerprint density at radius 3 is 2.69 bits per heavy atom. The van der Waals surface area contributed by atoms with Crippen LogP contribution in [0.1, 0.15) is 48.3 Å². The summed E-state index contributed by atoms with van der Waals surface area (Å²) in [5.74, 6) is -0.887. The summed E-state index contributed by atoms with van der Waals surface area (Å²) in [5, 5.41) is 11.1. The number of carbonyl (C=O) groups excluding carboxylic acids is 3. The summed E-state index contributed by atoms with van der Waals surface area (Å²) in [4.78, 5) is 40.5. The minimum Gasteiger partial charge on any atom is -0.379 e. The number of nitrogens with one attached hydrogen (secondary N) is 1. The van der Waals surface area contributed by atoms with E-state index in [0.717, 1.165) is 30.0 Å². The fraction of sp³-hybridized carbons (Fsp3) is 0.500. The van der Waals surface area contributed by atoms with Gasteiger partial charge >= 0.3 is 0 Å². The van der Waals surface area contributed by atoms with Crippen LogP contribution in [0.3, 0.4) is 0 Å². The molecule has 2 fully saturated rings. The van der Waals surface area contributed by atoms with E-state index in [1.54, 1.807) is 15.6 Å². The van der Waals surface area contributed by atoms with Crippen LogP contribution in [0.2, 0.25) is 0 Å². The van der Waals surface area contributed by atoms with E-state index < -0.39 is 11.9 Å². The molecule has 0 aliphatic carbocycles. The molecular weight excluding hydrogens is 412 g/mol. The quantitative estimate of drug-likeness (QED) is 0.696. The molecule has 3 aliphatic rings. The minimum atomic E-state index is -0.622. The fourth-order valence-electron chi connectivity index (χ4n) is 4.66. The van der Waals surface area contributed by atoms with Gasteiger partial charge in [-0.05, 0) is 44.0 Å². The molecule has 0 bridgehead atoms. The van der Waals surface area contributed by atoms with Gasteiger partial charge in [0.1, 0.15) is 11.7 Å². The van der Waals surface area contributed by atoms with Crippen molar-refractivity contribution in [3.8, 4) is 5.69 Å². The summed E-state index contributed by atoms with van der Waals surface area (Å²) in [7, 11) is 0. The van der Waals surface area contributed by atoms with Crippen molar-refractivity contribution in [1.82, 2.24) is 30.1 Å². The Morgan fingerprint density at radius 1 is 1.16 bits per heavy atom. The van der Waals surface area contributed by atoms with Crippen molar-refractivity contribution in [3.05, 3.63) is 41.2 Å². The van der Waals surface area contributed by atoms with Crippen molar-refractivity contribution < 1.29 is 19.1 Å². The van der Waals surface area contributed by atoms with Crippen molar-refractivity contribution >= 4 is 17.7 Å². The van der Waals surface area contributed by atoms with Crippen LogP contribution in [-0.4, -0.2) is 74.9 Å². The number of ether oxygens (including phenoxy) is 1. The first-order valence-electron chi connectivity index (χ1n) is 10.9. The van der Waals surface area contributed by atoms with E-state index in [-0.39, 0.29) is 23.8 Å². The van der Waals surface area contributed by atoms with Crippen molar-refractivity contribution in [1.29, 1.82) is 0 Å². The highest BCUT2D eigenvalue weighted by Crippen LogP contribution is 2.30. The summed E-state index contributed by atoms with van der Waals surface area (Å²) in [6.45, 7) is 7.70. The van der Waals surface area contributed by atoms with Gasteiger partial charge in [-0.15, -0.1) is 5.10 Å². The van der Waals surface area contributed by atoms with E-state index in [4.69, 9.17) is 4.74 Å². The molecule has 1 N–H and O–H groups in total. The second kappa shape index (κ2) is 7.79. The molecular formula is C22H26N6O4. The number of hydrogen-bond donors (Lipinski definition) is 1. The fourth-order valence-corrected chi connectivity index (χ4v) is 4.66. The Morgan fingerprint density at radius 2 is 1.94 bits per heavy atom. The molecule has 4 heterocycles. The minimum absolute atomic E-state index is 0.186. The van der Waals surface area contributed by atoms with Crippen molar-refractivity contribution in [2.45, 2.75) is 44.8 Å². The number of carbonyl (C=O) groups is 3. The normalized spacial score (nSPS) is 22.2. The van der Waals surface area contributed by atoms with Crippen LogP contribution in [0.25, 0.3) is 5.69 Å². The van der Waals surface area contributed by atoms with Gasteiger partial charge in [0.05, 0.1) is 30.6 Å². The molecule has 3 amide bonds. The molecule has 32 heavy (non-hydrogen) atoms. The highest BCUT2D eigenvalue weighted by molar-refractivity contribution is 6.05. The van der Waals surface area contributed by atoms with Crippen molar-refractivity contribution in [3.63, 3.8) is 0 Å². The average Bonchev–Trinajstić information content (AvgIpc) is 3.40. The highest BCUT2D eigenvalue weighted by atomic mass is 16.5. The number of benzene rings is 1. The van der Waals surface area contributed by atoms with Gasteiger partial charge in [0.2, 0.25) is 11.8 Å². The molecule has 0 spiro atoms. The zero-order valence-corrected chi connectivity index (χ0v) is 18.2. The second-order valence-corrected chi connectivity index (χ2v) is 8.95. The van der Waals surface area contributed by atoms with E-state index in [1.807, 2.05) is 18.3 Å². The number of fused-ring (bicyclic) bond motifs is 1. The lowest BCUT2D eigenvalue weighted by molar-refractivity contribution is -0.136. The summed E-state index contributed by atoms with van der Waals surface area (Å²) in [6, 6.07) is 4.90. The van der Waals surface area contributed by atoms with E-state index in [0.29, 0.717) is 31.7 Å². The Hall–Kier alpha value is -3.11. The Labute approximate surface area is 185 Å². The zero-order chi connectivity index (χ0) is 22.5. The number of aromatic nitrogens is 3. The predicted octanol–water partition coefficient (Wildman–Crippen LogP) is 0.596. The third-order valence-electron chi connectivity index (χ3n) is 6.69. The molecule has 10 heteroatoms. The van der Waals surface area contributed by atoms with Crippen LogP contribution in [0.15, 0.2) is 24.4 Å². The Bertz CT molecular complexity index is 1090. The molecule has 1 atom stereocenters. The van der Waals surface area contributed by atoms with Gasteiger partial charge in [-0.1, -0.05) is 5.21 Å².